The Morgan fingerprint density at radius 2 is 0.897 bits per heavy atom. The summed E-state index contributed by atoms with van der Waals surface area (Å²) in [7, 11) is -3.81. The van der Waals surface area contributed by atoms with Crippen LogP contribution in [0.1, 0.15) is 130 Å². The van der Waals surface area contributed by atoms with Gasteiger partial charge < -0.3 is 0 Å². The molecular formula is C24H50O4S. The highest BCUT2D eigenvalue weighted by atomic mass is 32.3. The summed E-state index contributed by atoms with van der Waals surface area (Å²) in [5, 5.41) is 0. The van der Waals surface area contributed by atoms with Crippen LogP contribution in [-0.4, -0.2) is 21.6 Å². The third-order valence-corrected chi connectivity index (χ3v) is 6.61. The molecule has 0 aromatic rings. The van der Waals surface area contributed by atoms with Crippen LogP contribution in [0.3, 0.4) is 0 Å². The van der Waals surface area contributed by atoms with Crippen LogP contribution in [0.2, 0.25) is 0 Å². The van der Waals surface area contributed by atoms with Gasteiger partial charge in [-0.05, 0) is 24.7 Å². The Kier molecular flexibility index (Phi) is 19.7. The molecule has 0 aromatic heterocycles. The molecule has 176 valence electrons. The topological polar surface area (TPSA) is 52.6 Å². The molecule has 0 aliphatic carbocycles. The van der Waals surface area contributed by atoms with Gasteiger partial charge in [0, 0.05) is 0 Å². The van der Waals surface area contributed by atoms with Crippen molar-refractivity contribution in [1.29, 1.82) is 0 Å². The smallest absolute Gasteiger partial charge is 0.248 e. The maximum absolute atomic E-state index is 11.7. The molecule has 0 saturated heterocycles. The van der Waals surface area contributed by atoms with Crippen LogP contribution < -0.4 is 0 Å². The molecule has 0 aromatic carbocycles. The Morgan fingerprint density at radius 3 is 1.28 bits per heavy atom. The lowest BCUT2D eigenvalue weighted by atomic mass is 9.98. The van der Waals surface area contributed by atoms with Crippen molar-refractivity contribution in [2.24, 2.45) is 11.8 Å². The van der Waals surface area contributed by atoms with Crippen LogP contribution in [0, 0.1) is 11.8 Å². The molecule has 0 heterocycles. The Bertz CT molecular complexity index is 402. The molecule has 0 bridgehead atoms. The van der Waals surface area contributed by atoms with Gasteiger partial charge in [0.15, 0.2) is 0 Å². The average Bonchev–Trinajstić information content (AvgIpc) is 2.66. The van der Waals surface area contributed by atoms with E-state index < -0.39 is 10.4 Å². The number of hydrogen-bond acceptors (Lipinski definition) is 4. The lowest BCUT2D eigenvalue weighted by molar-refractivity contribution is 0.207. The molecule has 4 nitrogen and oxygen atoms in total. The molecular weight excluding hydrogens is 384 g/mol. The zero-order chi connectivity index (χ0) is 21.8. The summed E-state index contributed by atoms with van der Waals surface area (Å²) < 4.78 is 33.4. The van der Waals surface area contributed by atoms with Gasteiger partial charge in [-0.15, -0.1) is 0 Å². The van der Waals surface area contributed by atoms with Crippen LogP contribution in [0.15, 0.2) is 0 Å². The molecule has 2 unspecified atom stereocenters. The molecule has 0 aliphatic rings. The lowest BCUT2D eigenvalue weighted by Crippen LogP contribution is -2.12. The minimum absolute atomic E-state index is 0.241. The standard InChI is InChI=1S/C24H50O4S/c1-5-17-23(3)19-13-9-7-11-15-21-27-29(25,26)28-22-16-12-8-10-14-20-24(4)18-6-2/h23-24H,5-22H2,1-4H3. The summed E-state index contributed by atoms with van der Waals surface area (Å²) in [5.74, 6) is 1.67. The Hall–Kier alpha value is -0.130. The maximum Gasteiger partial charge on any atom is 0.399 e. The van der Waals surface area contributed by atoms with E-state index in [1.165, 1.54) is 64.2 Å². The highest BCUT2D eigenvalue weighted by molar-refractivity contribution is 7.81. The Balaban J connectivity index is 3.45. The highest BCUT2D eigenvalue weighted by Crippen LogP contribution is 2.16. The van der Waals surface area contributed by atoms with Gasteiger partial charge in [-0.2, -0.15) is 8.42 Å². The largest absolute Gasteiger partial charge is 0.399 e. The van der Waals surface area contributed by atoms with Crippen molar-refractivity contribution in [3.63, 3.8) is 0 Å². The van der Waals surface area contributed by atoms with Crippen LogP contribution >= 0.6 is 0 Å². The van der Waals surface area contributed by atoms with Gasteiger partial charge in [-0.25, -0.2) is 8.37 Å². The van der Waals surface area contributed by atoms with Gasteiger partial charge in [-0.3, -0.25) is 0 Å². The van der Waals surface area contributed by atoms with Crippen molar-refractivity contribution < 1.29 is 16.8 Å². The van der Waals surface area contributed by atoms with Gasteiger partial charge in [-0.1, -0.05) is 118 Å². The second-order valence-corrected chi connectivity index (χ2v) is 10.2. The second kappa shape index (κ2) is 19.8. The normalized spacial score (nSPS) is 14.2. The van der Waals surface area contributed by atoms with E-state index >= 15 is 0 Å². The third-order valence-electron chi connectivity index (χ3n) is 5.70. The highest BCUT2D eigenvalue weighted by Gasteiger charge is 2.11. The number of rotatable bonds is 22. The number of unbranched alkanes of at least 4 members (excludes halogenated alkanes) is 8. The first kappa shape index (κ1) is 28.9. The monoisotopic (exact) mass is 434 g/mol. The van der Waals surface area contributed by atoms with Crippen LogP contribution in [0.25, 0.3) is 0 Å². The molecule has 0 spiro atoms. The van der Waals surface area contributed by atoms with Crippen molar-refractivity contribution in [2.45, 2.75) is 130 Å². The van der Waals surface area contributed by atoms with Gasteiger partial charge >= 0.3 is 10.4 Å². The Labute approximate surface area is 182 Å². The van der Waals surface area contributed by atoms with E-state index in [9.17, 15) is 8.42 Å². The summed E-state index contributed by atoms with van der Waals surface area (Å²) in [4.78, 5) is 0. The summed E-state index contributed by atoms with van der Waals surface area (Å²) in [6.07, 6.45) is 18.7. The average molecular weight is 435 g/mol. The zero-order valence-corrected chi connectivity index (χ0v) is 20.7. The van der Waals surface area contributed by atoms with Gasteiger partial charge in [0.2, 0.25) is 0 Å². The van der Waals surface area contributed by atoms with Gasteiger partial charge in [0.05, 0.1) is 13.2 Å². The van der Waals surface area contributed by atoms with Crippen molar-refractivity contribution in [2.75, 3.05) is 13.2 Å². The molecule has 29 heavy (non-hydrogen) atoms. The third kappa shape index (κ3) is 20.9. The first-order chi connectivity index (χ1) is 13.9. The predicted octanol–water partition coefficient (Wildman–Crippen LogP) is 7.82. The molecule has 2 atom stereocenters. The first-order valence-corrected chi connectivity index (χ1v) is 13.8. The quantitative estimate of drug-likeness (QED) is 0.163. The maximum atomic E-state index is 11.7. The first-order valence-electron chi connectivity index (χ1n) is 12.4. The summed E-state index contributed by atoms with van der Waals surface area (Å²) in [5.41, 5.74) is 0. The van der Waals surface area contributed by atoms with Crippen molar-refractivity contribution >= 4 is 10.4 Å². The fraction of sp³-hybridized carbons (Fsp3) is 1.00. The van der Waals surface area contributed by atoms with Crippen molar-refractivity contribution in [3.05, 3.63) is 0 Å². The molecule has 0 rings (SSSR count). The van der Waals surface area contributed by atoms with E-state index in [1.54, 1.807) is 0 Å². The lowest BCUT2D eigenvalue weighted by Gasteiger charge is -2.09. The molecule has 0 amide bonds. The molecule has 0 aliphatic heterocycles. The summed E-state index contributed by atoms with van der Waals surface area (Å²) in [6, 6.07) is 0. The Morgan fingerprint density at radius 1 is 0.552 bits per heavy atom. The SMILES string of the molecule is CCCC(C)CCCCCCCOS(=O)(=O)OCCCCCCCC(C)CCC. The molecule has 0 N–H and O–H groups in total. The van der Waals surface area contributed by atoms with E-state index in [4.69, 9.17) is 8.37 Å². The van der Waals surface area contributed by atoms with E-state index in [-0.39, 0.29) is 13.2 Å². The van der Waals surface area contributed by atoms with Crippen LogP contribution in [0.5, 0.6) is 0 Å². The molecule has 0 saturated carbocycles. The van der Waals surface area contributed by atoms with Gasteiger partial charge in [0.1, 0.15) is 0 Å². The minimum Gasteiger partial charge on any atom is -0.248 e. The van der Waals surface area contributed by atoms with Gasteiger partial charge in [0.25, 0.3) is 0 Å². The van der Waals surface area contributed by atoms with Crippen molar-refractivity contribution in [3.8, 4) is 0 Å². The zero-order valence-electron chi connectivity index (χ0n) is 19.9. The van der Waals surface area contributed by atoms with Crippen LogP contribution in [-0.2, 0) is 18.8 Å². The summed E-state index contributed by atoms with van der Waals surface area (Å²) >= 11 is 0. The fourth-order valence-corrected chi connectivity index (χ4v) is 4.59. The molecule has 5 heteroatoms. The molecule has 0 radical (unpaired) electrons. The van der Waals surface area contributed by atoms with E-state index in [2.05, 4.69) is 27.7 Å². The second-order valence-electron chi connectivity index (χ2n) is 8.95. The molecule has 0 fully saturated rings. The van der Waals surface area contributed by atoms with Crippen LogP contribution in [0.4, 0.5) is 0 Å². The fourth-order valence-electron chi connectivity index (χ4n) is 3.88. The van der Waals surface area contributed by atoms with E-state index in [0.29, 0.717) is 0 Å². The minimum atomic E-state index is -3.81. The van der Waals surface area contributed by atoms with E-state index in [0.717, 1.165) is 50.4 Å². The predicted molar refractivity (Wildman–Crippen MR) is 124 cm³/mol. The number of hydrogen-bond donors (Lipinski definition) is 0. The summed E-state index contributed by atoms with van der Waals surface area (Å²) in [6.45, 7) is 9.62. The van der Waals surface area contributed by atoms with E-state index in [1.807, 2.05) is 0 Å². The van der Waals surface area contributed by atoms with Crippen molar-refractivity contribution in [1.82, 2.24) is 0 Å².